The van der Waals surface area contributed by atoms with Gasteiger partial charge in [0.25, 0.3) is 0 Å². The fourth-order valence-corrected chi connectivity index (χ4v) is 5.05. The fraction of sp³-hybridized carbons (Fsp3) is 0.812. The van der Waals surface area contributed by atoms with Gasteiger partial charge in [0.2, 0.25) is 0 Å². The molecule has 3 nitrogen and oxygen atoms in total. The summed E-state index contributed by atoms with van der Waals surface area (Å²) >= 11 is 0. The predicted octanol–water partition coefficient (Wildman–Crippen LogP) is 3.20. The van der Waals surface area contributed by atoms with E-state index in [0.29, 0.717) is 19.3 Å². The Morgan fingerprint density at radius 1 is 1.23 bits per heavy atom. The maximum absolute atomic E-state index is 13.1. The number of piperidine rings is 1. The summed E-state index contributed by atoms with van der Waals surface area (Å²) in [5.41, 5.74) is -1.28. The summed E-state index contributed by atoms with van der Waals surface area (Å²) in [7, 11) is 0. The summed E-state index contributed by atoms with van der Waals surface area (Å²) in [5.74, 6) is -1.44. The van der Waals surface area contributed by atoms with Gasteiger partial charge in [-0.2, -0.15) is 13.2 Å². The molecule has 4 rings (SSSR count). The molecule has 0 radical (unpaired) electrons. The molecular formula is C16H20F3NO2. The highest BCUT2D eigenvalue weighted by molar-refractivity contribution is 5.83. The van der Waals surface area contributed by atoms with E-state index in [0.717, 1.165) is 30.6 Å². The average Bonchev–Trinajstić information content (AvgIpc) is 3.02. The molecule has 6 heteroatoms. The first kappa shape index (κ1) is 14.5. The molecule has 3 heterocycles. The molecule has 3 aliphatic heterocycles. The van der Waals surface area contributed by atoms with Gasteiger partial charge in [-0.05, 0) is 31.6 Å². The van der Waals surface area contributed by atoms with E-state index in [2.05, 4.69) is 0 Å². The zero-order valence-electron chi connectivity index (χ0n) is 12.4. The molecule has 1 amide bonds. The molecule has 2 bridgehead atoms. The molecule has 3 atom stereocenters. The number of hydrogen-bond donors (Lipinski definition) is 0. The third-order valence-corrected chi connectivity index (χ3v) is 6.05. The van der Waals surface area contributed by atoms with Crippen molar-refractivity contribution in [1.29, 1.82) is 0 Å². The summed E-state index contributed by atoms with van der Waals surface area (Å²) in [6, 6.07) is 0. The summed E-state index contributed by atoms with van der Waals surface area (Å²) in [6.45, 7) is 0.0585. The van der Waals surface area contributed by atoms with Crippen LogP contribution in [0.3, 0.4) is 0 Å². The van der Waals surface area contributed by atoms with Gasteiger partial charge >= 0.3 is 12.1 Å². The fourth-order valence-electron chi connectivity index (χ4n) is 5.05. The van der Waals surface area contributed by atoms with Crippen LogP contribution in [0.4, 0.5) is 13.2 Å². The molecule has 3 fully saturated rings. The molecule has 2 spiro atoms. The first-order valence-electron chi connectivity index (χ1n) is 8.11. The predicted molar refractivity (Wildman–Crippen MR) is 73.1 cm³/mol. The van der Waals surface area contributed by atoms with Gasteiger partial charge in [-0.25, -0.2) is 0 Å². The Bertz CT molecular complexity index is 524. The van der Waals surface area contributed by atoms with Gasteiger partial charge in [0, 0.05) is 5.54 Å². The van der Waals surface area contributed by atoms with Crippen molar-refractivity contribution in [3.8, 4) is 0 Å². The van der Waals surface area contributed by atoms with Crippen LogP contribution in [0.15, 0.2) is 12.2 Å². The van der Waals surface area contributed by atoms with Crippen LogP contribution in [0.2, 0.25) is 0 Å². The Hall–Kier alpha value is -1.04. The van der Waals surface area contributed by atoms with Crippen molar-refractivity contribution in [1.82, 2.24) is 4.90 Å². The molecule has 1 aliphatic carbocycles. The van der Waals surface area contributed by atoms with Crippen LogP contribution < -0.4 is 0 Å². The number of likely N-dealkylation sites (tertiary alicyclic amines) is 1. The zero-order chi connectivity index (χ0) is 15.6. The Kier molecular flexibility index (Phi) is 2.97. The third kappa shape index (κ3) is 1.95. The van der Waals surface area contributed by atoms with Crippen molar-refractivity contribution >= 4 is 5.91 Å². The number of rotatable bonds is 0. The van der Waals surface area contributed by atoms with Crippen LogP contribution in [0.25, 0.3) is 0 Å². The van der Waals surface area contributed by atoms with Crippen molar-refractivity contribution in [3.63, 3.8) is 0 Å². The van der Waals surface area contributed by atoms with Gasteiger partial charge in [-0.15, -0.1) is 0 Å². The van der Waals surface area contributed by atoms with Gasteiger partial charge in [-0.3, -0.25) is 4.79 Å². The smallest absolute Gasteiger partial charge is 0.361 e. The van der Waals surface area contributed by atoms with Crippen LogP contribution in [-0.2, 0) is 9.53 Å². The Morgan fingerprint density at radius 3 is 2.59 bits per heavy atom. The molecular weight excluding hydrogens is 295 g/mol. The maximum atomic E-state index is 13.1. The maximum Gasteiger partial charge on any atom is 0.471 e. The van der Waals surface area contributed by atoms with E-state index in [1.54, 1.807) is 0 Å². The lowest BCUT2D eigenvalue weighted by atomic mass is 9.65. The van der Waals surface area contributed by atoms with Crippen molar-refractivity contribution < 1.29 is 22.7 Å². The molecule has 0 aromatic carbocycles. The van der Waals surface area contributed by atoms with Crippen molar-refractivity contribution in [3.05, 3.63) is 12.2 Å². The second-order valence-corrected chi connectivity index (χ2v) is 7.28. The van der Waals surface area contributed by atoms with E-state index < -0.39 is 23.2 Å². The highest BCUT2D eigenvalue weighted by Gasteiger charge is 2.62. The van der Waals surface area contributed by atoms with E-state index in [1.165, 1.54) is 0 Å². The second kappa shape index (κ2) is 4.49. The van der Waals surface area contributed by atoms with E-state index in [9.17, 15) is 18.0 Å². The first-order chi connectivity index (χ1) is 10.3. The van der Waals surface area contributed by atoms with Gasteiger partial charge in [0.15, 0.2) is 0 Å². The van der Waals surface area contributed by atoms with Crippen molar-refractivity contribution in [2.45, 2.75) is 68.4 Å². The topological polar surface area (TPSA) is 29.5 Å². The molecule has 0 aromatic rings. The average molecular weight is 315 g/mol. The first-order valence-corrected chi connectivity index (χ1v) is 8.11. The Balaban J connectivity index is 1.71. The number of carbonyl (C=O) groups excluding carboxylic acids is 1. The molecule has 0 aromatic heterocycles. The lowest BCUT2D eigenvalue weighted by Crippen LogP contribution is -2.66. The molecule has 1 saturated carbocycles. The summed E-state index contributed by atoms with van der Waals surface area (Å²) in [5, 5.41) is 0. The molecule has 0 N–H and O–H groups in total. The number of amides is 1. The minimum atomic E-state index is -4.81. The largest absolute Gasteiger partial charge is 0.471 e. The van der Waals surface area contributed by atoms with Gasteiger partial charge in [-0.1, -0.05) is 31.4 Å². The number of carbonyl (C=O) groups is 1. The van der Waals surface area contributed by atoms with Crippen LogP contribution in [0.5, 0.6) is 0 Å². The lowest BCUT2D eigenvalue weighted by molar-refractivity contribution is -0.203. The molecule has 4 aliphatic rings. The molecule has 22 heavy (non-hydrogen) atoms. The highest BCUT2D eigenvalue weighted by atomic mass is 19.4. The minimum absolute atomic E-state index is 0.0200. The molecule has 2 saturated heterocycles. The number of nitrogens with zero attached hydrogens (tertiary/aromatic N) is 1. The number of fused-ring (bicyclic) bond motifs is 1. The van der Waals surface area contributed by atoms with Crippen molar-refractivity contribution in [2.24, 2.45) is 5.92 Å². The van der Waals surface area contributed by atoms with E-state index in [1.807, 2.05) is 12.2 Å². The summed E-state index contributed by atoms with van der Waals surface area (Å²) in [4.78, 5) is 13.2. The number of halogens is 3. The summed E-state index contributed by atoms with van der Waals surface area (Å²) < 4.78 is 45.2. The SMILES string of the molecule is O=C(N1C[C@@]23C=C[C@@H](C[C@@H]2CC12CCCCC2)O3)C(F)(F)F. The van der Waals surface area contributed by atoms with E-state index in [4.69, 9.17) is 4.74 Å². The van der Waals surface area contributed by atoms with Gasteiger partial charge in [0.1, 0.15) is 5.60 Å². The van der Waals surface area contributed by atoms with Gasteiger partial charge in [0.05, 0.1) is 12.6 Å². The monoisotopic (exact) mass is 315 g/mol. The Morgan fingerprint density at radius 2 is 1.95 bits per heavy atom. The minimum Gasteiger partial charge on any atom is -0.361 e. The summed E-state index contributed by atoms with van der Waals surface area (Å²) in [6.07, 6.45) is 4.81. The third-order valence-electron chi connectivity index (χ3n) is 6.05. The molecule has 122 valence electrons. The van der Waals surface area contributed by atoms with Crippen LogP contribution in [-0.4, -0.2) is 40.8 Å². The number of alkyl halides is 3. The Labute approximate surface area is 127 Å². The van der Waals surface area contributed by atoms with Crippen LogP contribution in [0.1, 0.15) is 44.9 Å². The second-order valence-electron chi connectivity index (χ2n) is 7.28. The van der Waals surface area contributed by atoms with Crippen molar-refractivity contribution in [2.75, 3.05) is 6.54 Å². The van der Waals surface area contributed by atoms with Crippen LogP contribution in [0, 0.1) is 5.92 Å². The highest BCUT2D eigenvalue weighted by Crippen LogP contribution is 2.55. The zero-order valence-corrected chi connectivity index (χ0v) is 12.4. The lowest BCUT2D eigenvalue weighted by Gasteiger charge is -2.55. The number of ether oxygens (including phenoxy) is 1. The standard InChI is InChI=1S/C16H20F3NO2/c17-16(18,19)13(21)20-10-15-7-4-12(22-15)8-11(15)9-14(20)5-2-1-3-6-14/h4,7,11-12H,1-3,5-6,8-10H2/t11-,12+,15+/m1/s1. The number of hydrogen-bond acceptors (Lipinski definition) is 2. The normalized spacial score (nSPS) is 39.3. The quantitative estimate of drug-likeness (QED) is 0.643. The molecule has 0 unspecified atom stereocenters. The van der Waals surface area contributed by atoms with E-state index >= 15 is 0 Å². The van der Waals surface area contributed by atoms with Crippen LogP contribution >= 0.6 is 0 Å². The van der Waals surface area contributed by atoms with Gasteiger partial charge < -0.3 is 9.64 Å². The van der Waals surface area contributed by atoms with E-state index in [-0.39, 0.29) is 18.6 Å².